The lowest BCUT2D eigenvalue weighted by molar-refractivity contribution is -0.122. The minimum Gasteiger partial charge on any atom is -0.386 e. The molecule has 1 unspecified atom stereocenters. The van der Waals surface area contributed by atoms with Gasteiger partial charge >= 0.3 is 0 Å². The van der Waals surface area contributed by atoms with Gasteiger partial charge in [-0.05, 0) is 24.6 Å². The van der Waals surface area contributed by atoms with Crippen molar-refractivity contribution >= 4 is 34.8 Å². The maximum absolute atomic E-state index is 11.0. The molecule has 1 atom stereocenters. The molecule has 0 spiro atoms. The number of carbonyl (C=O) groups excluding carboxylic acids is 1. The van der Waals surface area contributed by atoms with Gasteiger partial charge in [0, 0.05) is 15.6 Å². The average Bonchev–Trinajstić information content (AvgIpc) is 2.25. The van der Waals surface area contributed by atoms with Crippen LogP contribution in [0, 0.1) is 6.92 Å². The second-order valence-electron chi connectivity index (χ2n) is 3.82. The molecular formula is C11H10Cl2N2O2. The maximum atomic E-state index is 11.0. The Kier molecular flexibility index (Phi) is 3.38. The molecule has 1 aliphatic heterocycles. The van der Waals surface area contributed by atoms with Gasteiger partial charge in [0.25, 0.3) is 0 Å². The smallest absolute Gasteiger partial charge is 0.243 e. The summed E-state index contributed by atoms with van der Waals surface area (Å²) in [5, 5.41) is 14.6. The molecule has 1 aromatic rings. The normalized spacial score (nSPS) is 19.9. The zero-order valence-corrected chi connectivity index (χ0v) is 10.5. The SMILES string of the molecule is Cc1c(Cl)cc(C2=NNC(=O)CC2O)cc1Cl. The van der Waals surface area contributed by atoms with E-state index < -0.39 is 6.10 Å². The molecule has 1 aliphatic rings. The predicted molar refractivity (Wildman–Crippen MR) is 66.5 cm³/mol. The Hall–Kier alpha value is -1.10. The molecule has 17 heavy (non-hydrogen) atoms. The van der Waals surface area contributed by atoms with Gasteiger partial charge in [0.15, 0.2) is 0 Å². The number of benzene rings is 1. The molecule has 0 bridgehead atoms. The fourth-order valence-electron chi connectivity index (χ4n) is 1.57. The van der Waals surface area contributed by atoms with Crippen LogP contribution in [0.3, 0.4) is 0 Å². The van der Waals surface area contributed by atoms with Crippen LogP contribution in [0.4, 0.5) is 0 Å². The number of nitrogens with one attached hydrogen (secondary N) is 1. The van der Waals surface area contributed by atoms with E-state index in [1.165, 1.54) is 0 Å². The van der Waals surface area contributed by atoms with Crippen molar-refractivity contribution in [2.45, 2.75) is 19.4 Å². The lowest BCUT2D eigenvalue weighted by Gasteiger charge is -2.18. The van der Waals surface area contributed by atoms with E-state index in [0.29, 0.717) is 21.3 Å². The van der Waals surface area contributed by atoms with Crippen LogP contribution in [0.25, 0.3) is 0 Å². The molecule has 2 rings (SSSR count). The first-order valence-electron chi connectivity index (χ1n) is 4.99. The first-order chi connectivity index (χ1) is 7.99. The minimum atomic E-state index is -0.932. The summed E-state index contributed by atoms with van der Waals surface area (Å²) < 4.78 is 0. The number of nitrogens with zero attached hydrogens (tertiary/aromatic N) is 1. The lowest BCUT2D eigenvalue weighted by Crippen LogP contribution is -2.36. The molecule has 0 saturated carbocycles. The van der Waals surface area contributed by atoms with Crippen molar-refractivity contribution in [2.24, 2.45) is 5.10 Å². The summed E-state index contributed by atoms with van der Waals surface area (Å²) in [5.74, 6) is -0.314. The van der Waals surface area contributed by atoms with E-state index in [1.807, 2.05) is 0 Å². The Balaban J connectivity index is 2.44. The molecule has 90 valence electrons. The standard InChI is InChI=1S/C11H10Cl2N2O2/c1-5-7(12)2-6(3-8(5)13)11-9(16)4-10(17)14-15-11/h2-3,9,16H,4H2,1H3,(H,14,17). The molecule has 0 radical (unpaired) electrons. The fourth-order valence-corrected chi connectivity index (χ4v) is 2.05. The number of rotatable bonds is 1. The fraction of sp³-hybridized carbons (Fsp3) is 0.273. The van der Waals surface area contributed by atoms with Gasteiger partial charge in [0.2, 0.25) is 5.91 Å². The summed E-state index contributed by atoms with van der Waals surface area (Å²) >= 11 is 12.0. The Morgan fingerprint density at radius 3 is 2.53 bits per heavy atom. The third kappa shape index (κ3) is 2.44. The first kappa shape index (κ1) is 12.4. The van der Waals surface area contributed by atoms with Crippen molar-refractivity contribution < 1.29 is 9.90 Å². The highest BCUT2D eigenvalue weighted by molar-refractivity contribution is 6.36. The van der Waals surface area contributed by atoms with Crippen molar-refractivity contribution in [1.82, 2.24) is 5.43 Å². The van der Waals surface area contributed by atoms with E-state index in [1.54, 1.807) is 19.1 Å². The second kappa shape index (κ2) is 4.64. The highest BCUT2D eigenvalue weighted by atomic mass is 35.5. The second-order valence-corrected chi connectivity index (χ2v) is 4.63. The van der Waals surface area contributed by atoms with Gasteiger partial charge in [-0.1, -0.05) is 23.2 Å². The van der Waals surface area contributed by atoms with Gasteiger partial charge in [-0.25, -0.2) is 5.43 Å². The first-order valence-corrected chi connectivity index (χ1v) is 5.75. The van der Waals surface area contributed by atoms with E-state index in [0.717, 1.165) is 5.56 Å². The minimum absolute atomic E-state index is 0.0120. The molecule has 0 aliphatic carbocycles. The van der Waals surface area contributed by atoms with Crippen molar-refractivity contribution in [3.05, 3.63) is 33.3 Å². The zero-order valence-electron chi connectivity index (χ0n) is 9.00. The number of halogens is 2. The summed E-state index contributed by atoms with van der Waals surface area (Å²) in [6, 6.07) is 3.34. The van der Waals surface area contributed by atoms with E-state index in [-0.39, 0.29) is 12.3 Å². The van der Waals surface area contributed by atoms with E-state index in [2.05, 4.69) is 10.5 Å². The third-order valence-corrected chi connectivity index (χ3v) is 3.36. The number of hydrazone groups is 1. The number of aliphatic hydroxyl groups excluding tert-OH is 1. The average molecular weight is 273 g/mol. The molecule has 1 amide bonds. The Bertz CT molecular complexity index is 491. The van der Waals surface area contributed by atoms with Gasteiger partial charge in [0.05, 0.1) is 12.1 Å². The molecule has 1 heterocycles. The van der Waals surface area contributed by atoms with E-state index >= 15 is 0 Å². The van der Waals surface area contributed by atoms with Crippen molar-refractivity contribution in [3.8, 4) is 0 Å². The van der Waals surface area contributed by atoms with Crippen molar-refractivity contribution in [2.75, 3.05) is 0 Å². The van der Waals surface area contributed by atoms with Gasteiger partial charge in [-0.15, -0.1) is 0 Å². The van der Waals surface area contributed by atoms with Crippen LogP contribution in [0.1, 0.15) is 17.5 Å². The number of amides is 1. The van der Waals surface area contributed by atoms with E-state index in [4.69, 9.17) is 23.2 Å². The van der Waals surface area contributed by atoms with Crippen LogP contribution < -0.4 is 5.43 Å². The van der Waals surface area contributed by atoms with Gasteiger partial charge in [0.1, 0.15) is 6.10 Å². The third-order valence-electron chi connectivity index (χ3n) is 2.57. The van der Waals surface area contributed by atoms with Crippen LogP contribution in [-0.4, -0.2) is 22.8 Å². The summed E-state index contributed by atoms with van der Waals surface area (Å²) in [6.45, 7) is 1.80. The molecule has 6 heteroatoms. The van der Waals surface area contributed by atoms with Crippen LogP contribution in [0.2, 0.25) is 10.0 Å². The molecule has 0 fully saturated rings. The molecule has 4 nitrogen and oxygen atoms in total. The molecule has 0 aromatic heterocycles. The van der Waals surface area contributed by atoms with Crippen LogP contribution in [0.5, 0.6) is 0 Å². The Labute approximate surface area is 108 Å². The molecular weight excluding hydrogens is 263 g/mol. The highest BCUT2D eigenvalue weighted by Gasteiger charge is 2.24. The Morgan fingerprint density at radius 2 is 2.00 bits per heavy atom. The largest absolute Gasteiger partial charge is 0.386 e. The van der Waals surface area contributed by atoms with Gasteiger partial charge in [-0.3, -0.25) is 4.79 Å². The van der Waals surface area contributed by atoms with Crippen LogP contribution >= 0.6 is 23.2 Å². The van der Waals surface area contributed by atoms with Crippen molar-refractivity contribution in [1.29, 1.82) is 0 Å². The predicted octanol–water partition coefficient (Wildman–Crippen LogP) is 1.89. The maximum Gasteiger partial charge on any atom is 0.243 e. The topological polar surface area (TPSA) is 61.7 Å². The highest BCUT2D eigenvalue weighted by Crippen LogP contribution is 2.27. The molecule has 0 saturated heterocycles. The number of aliphatic hydroxyl groups is 1. The summed E-state index contributed by atoms with van der Waals surface area (Å²) in [7, 11) is 0. The van der Waals surface area contributed by atoms with Gasteiger partial charge in [-0.2, -0.15) is 5.10 Å². The van der Waals surface area contributed by atoms with E-state index in [9.17, 15) is 9.90 Å². The monoisotopic (exact) mass is 272 g/mol. The molecule has 1 aromatic carbocycles. The summed E-state index contributed by atoms with van der Waals surface area (Å²) in [5.41, 5.74) is 4.07. The Morgan fingerprint density at radius 1 is 1.41 bits per heavy atom. The zero-order chi connectivity index (χ0) is 12.6. The number of hydrogen-bond donors (Lipinski definition) is 2. The number of hydrogen-bond acceptors (Lipinski definition) is 3. The summed E-state index contributed by atoms with van der Waals surface area (Å²) in [6.07, 6.45) is -0.944. The molecule has 2 N–H and O–H groups in total. The summed E-state index contributed by atoms with van der Waals surface area (Å²) in [4.78, 5) is 11.0. The van der Waals surface area contributed by atoms with Crippen LogP contribution in [0.15, 0.2) is 17.2 Å². The quantitative estimate of drug-likeness (QED) is 0.820. The number of carbonyl (C=O) groups is 1. The van der Waals surface area contributed by atoms with Crippen molar-refractivity contribution in [3.63, 3.8) is 0 Å². The van der Waals surface area contributed by atoms with Gasteiger partial charge < -0.3 is 5.11 Å². The van der Waals surface area contributed by atoms with Crippen LogP contribution in [-0.2, 0) is 4.79 Å². The lowest BCUT2D eigenvalue weighted by atomic mass is 10.0.